The molecule has 16 heavy (non-hydrogen) atoms. The molecule has 5 heteroatoms. The van der Waals surface area contributed by atoms with Crippen molar-refractivity contribution in [3.63, 3.8) is 0 Å². The van der Waals surface area contributed by atoms with Crippen LogP contribution in [0.2, 0.25) is 5.02 Å². The lowest BCUT2D eigenvalue weighted by molar-refractivity contribution is 0.812. The number of aromatic nitrogens is 1. The van der Waals surface area contributed by atoms with Gasteiger partial charge in [0.2, 0.25) is 0 Å². The summed E-state index contributed by atoms with van der Waals surface area (Å²) < 4.78 is 1.08. The number of benzene rings is 1. The first-order valence-corrected chi connectivity index (χ1v) is 7.57. The predicted molar refractivity (Wildman–Crippen MR) is 74.0 cm³/mol. The monoisotopic (exact) mass is 270 g/mol. The summed E-state index contributed by atoms with van der Waals surface area (Å²) >= 11 is 9.77. The number of hydrogen-bond acceptors (Lipinski definition) is 4. The fourth-order valence-corrected chi connectivity index (χ4v) is 4.18. The highest BCUT2D eigenvalue weighted by Crippen LogP contribution is 2.33. The fraction of sp³-hybridized carbons (Fsp3) is 0.364. The minimum Gasteiger partial charge on any atom is -0.358 e. The van der Waals surface area contributed by atoms with Crippen LogP contribution in [0.1, 0.15) is 6.42 Å². The van der Waals surface area contributed by atoms with Crippen LogP contribution in [0.25, 0.3) is 10.2 Å². The van der Waals surface area contributed by atoms with E-state index >= 15 is 0 Å². The van der Waals surface area contributed by atoms with Crippen molar-refractivity contribution in [3.05, 3.63) is 23.2 Å². The standard InChI is InChI=1S/C11H11ClN2S2/c12-8-2-1-3-9-10(8)16-11(14-9)13-7-4-5-15-6-7/h1-3,7H,4-6H2,(H,13,14). The van der Waals surface area contributed by atoms with Crippen molar-refractivity contribution in [2.45, 2.75) is 12.5 Å². The number of halogens is 1. The summed E-state index contributed by atoms with van der Waals surface area (Å²) in [7, 11) is 0. The van der Waals surface area contributed by atoms with E-state index in [1.165, 1.54) is 17.9 Å². The lowest BCUT2D eigenvalue weighted by Gasteiger charge is -2.08. The second-order valence-corrected chi connectivity index (χ2v) is 6.37. The Hall–Kier alpha value is -0.450. The summed E-state index contributed by atoms with van der Waals surface area (Å²) in [6.45, 7) is 0. The van der Waals surface area contributed by atoms with E-state index in [2.05, 4.69) is 10.3 Å². The lowest BCUT2D eigenvalue weighted by Crippen LogP contribution is -2.17. The van der Waals surface area contributed by atoms with E-state index in [9.17, 15) is 0 Å². The maximum absolute atomic E-state index is 6.13. The second-order valence-electron chi connectivity index (χ2n) is 3.81. The average molecular weight is 271 g/mol. The minimum atomic E-state index is 0.573. The zero-order valence-electron chi connectivity index (χ0n) is 8.57. The topological polar surface area (TPSA) is 24.9 Å². The van der Waals surface area contributed by atoms with Gasteiger partial charge in [-0.25, -0.2) is 4.98 Å². The molecule has 1 unspecified atom stereocenters. The van der Waals surface area contributed by atoms with Gasteiger partial charge in [0.1, 0.15) is 0 Å². The molecule has 0 aliphatic carbocycles. The smallest absolute Gasteiger partial charge is 0.184 e. The van der Waals surface area contributed by atoms with E-state index in [1.807, 2.05) is 30.0 Å². The molecule has 2 nitrogen and oxygen atoms in total. The first-order chi connectivity index (χ1) is 7.83. The van der Waals surface area contributed by atoms with Crippen molar-refractivity contribution in [1.29, 1.82) is 0 Å². The number of thioether (sulfide) groups is 1. The lowest BCUT2D eigenvalue weighted by atomic mass is 10.3. The first-order valence-electron chi connectivity index (χ1n) is 5.22. The van der Waals surface area contributed by atoms with Crippen LogP contribution >= 0.6 is 34.7 Å². The second kappa shape index (κ2) is 4.43. The molecular formula is C11H11ClN2S2. The van der Waals surface area contributed by atoms with E-state index in [4.69, 9.17) is 11.6 Å². The van der Waals surface area contributed by atoms with Gasteiger partial charge in [0.25, 0.3) is 0 Å². The van der Waals surface area contributed by atoms with Gasteiger partial charge in [0, 0.05) is 11.8 Å². The molecule has 0 spiro atoms. The molecular weight excluding hydrogens is 260 g/mol. The molecule has 0 radical (unpaired) electrons. The van der Waals surface area contributed by atoms with E-state index in [0.717, 1.165) is 20.4 Å². The van der Waals surface area contributed by atoms with Crippen LogP contribution in [-0.4, -0.2) is 22.5 Å². The SMILES string of the molecule is Clc1cccc2nc(NC3CCSC3)sc12. The van der Waals surface area contributed by atoms with Crippen molar-refractivity contribution >= 4 is 50.0 Å². The zero-order chi connectivity index (χ0) is 11.0. The van der Waals surface area contributed by atoms with Gasteiger partial charge >= 0.3 is 0 Å². The van der Waals surface area contributed by atoms with Crippen LogP contribution in [-0.2, 0) is 0 Å². The normalized spacial score (nSPS) is 20.4. The largest absolute Gasteiger partial charge is 0.358 e. The number of rotatable bonds is 2. The molecule has 2 heterocycles. The Labute approximate surface area is 107 Å². The molecule has 0 saturated carbocycles. The Morgan fingerprint density at radius 1 is 1.44 bits per heavy atom. The van der Waals surface area contributed by atoms with Gasteiger partial charge in [0.15, 0.2) is 5.13 Å². The van der Waals surface area contributed by atoms with Crippen molar-refractivity contribution < 1.29 is 0 Å². The van der Waals surface area contributed by atoms with Crippen LogP contribution in [0, 0.1) is 0 Å². The summed E-state index contributed by atoms with van der Waals surface area (Å²) in [5.41, 5.74) is 0.991. The minimum absolute atomic E-state index is 0.573. The first kappa shape index (κ1) is 10.7. The quantitative estimate of drug-likeness (QED) is 0.897. The highest BCUT2D eigenvalue weighted by atomic mass is 35.5. The van der Waals surface area contributed by atoms with Crippen molar-refractivity contribution in [2.75, 3.05) is 16.8 Å². The molecule has 3 rings (SSSR count). The Morgan fingerprint density at radius 3 is 3.12 bits per heavy atom. The number of anilines is 1. The van der Waals surface area contributed by atoms with Gasteiger partial charge in [-0.05, 0) is 24.3 Å². The molecule has 1 aliphatic heterocycles. The number of nitrogens with one attached hydrogen (secondary N) is 1. The number of hydrogen-bond donors (Lipinski definition) is 1. The molecule has 1 aromatic heterocycles. The average Bonchev–Trinajstić information content (AvgIpc) is 2.88. The van der Waals surface area contributed by atoms with Crippen molar-refractivity contribution in [1.82, 2.24) is 4.98 Å². The molecule has 0 bridgehead atoms. The van der Waals surface area contributed by atoms with Crippen molar-refractivity contribution in [2.24, 2.45) is 0 Å². The van der Waals surface area contributed by atoms with Crippen LogP contribution < -0.4 is 5.32 Å². The van der Waals surface area contributed by atoms with E-state index in [0.29, 0.717) is 6.04 Å². The summed E-state index contributed by atoms with van der Waals surface area (Å²) in [5.74, 6) is 2.44. The highest BCUT2D eigenvalue weighted by molar-refractivity contribution is 7.99. The van der Waals surface area contributed by atoms with Gasteiger partial charge in [-0.15, -0.1) is 0 Å². The highest BCUT2D eigenvalue weighted by Gasteiger charge is 2.16. The molecule has 84 valence electrons. The Balaban J connectivity index is 1.90. The summed E-state index contributed by atoms with van der Waals surface area (Å²) in [4.78, 5) is 4.55. The third-order valence-corrected chi connectivity index (χ3v) is 5.25. The van der Waals surface area contributed by atoms with Crippen LogP contribution in [0.5, 0.6) is 0 Å². The molecule has 1 saturated heterocycles. The number of thiazole rings is 1. The molecule has 0 amide bonds. The third-order valence-electron chi connectivity index (χ3n) is 2.62. The fourth-order valence-electron chi connectivity index (χ4n) is 1.80. The van der Waals surface area contributed by atoms with Gasteiger partial charge in [-0.3, -0.25) is 0 Å². The zero-order valence-corrected chi connectivity index (χ0v) is 11.0. The Kier molecular flexibility index (Phi) is 2.96. The molecule has 1 N–H and O–H groups in total. The third kappa shape index (κ3) is 2.01. The predicted octanol–water partition coefficient (Wildman–Crippen LogP) is 3.87. The molecule has 2 aromatic rings. The number of nitrogens with zero attached hydrogens (tertiary/aromatic N) is 1. The van der Waals surface area contributed by atoms with E-state index < -0.39 is 0 Å². The van der Waals surface area contributed by atoms with Gasteiger partial charge < -0.3 is 5.32 Å². The Morgan fingerprint density at radius 2 is 2.38 bits per heavy atom. The van der Waals surface area contributed by atoms with Gasteiger partial charge in [-0.2, -0.15) is 11.8 Å². The molecule has 1 atom stereocenters. The van der Waals surface area contributed by atoms with E-state index in [1.54, 1.807) is 11.3 Å². The van der Waals surface area contributed by atoms with Crippen LogP contribution in [0.15, 0.2) is 18.2 Å². The van der Waals surface area contributed by atoms with Crippen LogP contribution in [0.4, 0.5) is 5.13 Å². The van der Waals surface area contributed by atoms with Crippen molar-refractivity contribution in [3.8, 4) is 0 Å². The summed E-state index contributed by atoms with van der Waals surface area (Å²) in [5, 5.41) is 5.28. The van der Waals surface area contributed by atoms with Gasteiger partial charge in [-0.1, -0.05) is 29.0 Å². The summed E-state index contributed by atoms with van der Waals surface area (Å²) in [6.07, 6.45) is 1.23. The molecule has 1 aliphatic rings. The number of fused-ring (bicyclic) bond motifs is 1. The van der Waals surface area contributed by atoms with Crippen LogP contribution in [0.3, 0.4) is 0 Å². The Bertz CT molecular complexity index is 506. The van der Waals surface area contributed by atoms with E-state index in [-0.39, 0.29) is 0 Å². The maximum Gasteiger partial charge on any atom is 0.184 e. The van der Waals surface area contributed by atoms with Gasteiger partial charge in [0.05, 0.1) is 15.2 Å². The molecule has 1 fully saturated rings. The molecule has 1 aromatic carbocycles. The maximum atomic E-state index is 6.13. The summed E-state index contributed by atoms with van der Waals surface area (Å²) in [6, 6.07) is 6.44.